The third-order valence-electron chi connectivity index (χ3n) is 4.13. The average Bonchev–Trinajstić information content (AvgIpc) is 3.25. The largest absolute Gasteiger partial charge is 0.454 e. The highest BCUT2D eigenvalue weighted by Gasteiger charge is 2.33. The van der Waals surface area contributed by atoms with E-state index in [1.165, 1.54) is 23.9 Å². The summed E-state index contributed by atoms with van der Waals surface area (Å²) in [4.78, 5) is 19.5. The van der Waals surface area contributed by atoms with Gasteiger partial charge in [0, 0.05) is 13.2 Å². The number of ether oxygens (including phenoxy) is 3. The van der Waals surface area contributed by atoms with E-state index in [-0.39, 0.29) is 18.5 Å². The Morgan fingerprint density at radius 2 is 2.11 bits per heavy atom. The second-order valence-electron chi connectivity index (χ2n) is 6.05. The number of halogens is 1. The van der Waals surface area contributed by atoms with E-state index in [2.05, 4.69) is 4.99 Å². The molecule has 8 heteroatoms. The fraction of sp³-hybridized carbons (Fsp3) is 0.200. The second-order valence-corrected chi connectivity index (χ2v) is 7.06. The molecule has 0 radical (unpaired) electrons. The summed E-state index contributed by atoms with van der Waals surface area (Å²) in [5.41, 5.74) is 1.26. The van der Waals surface area contributed by atoms with Crippen LogP contribution in [0.5, 0.6) is 11.5 Å². The summed E-state index contributed by atoms with van der Waals surface area (Å²) < 4.78 is 29.3. The van der Waals surface area contributed by atoms with Crippen molar-refractivity contribution in [3.8, 4) is 11.5 Å². The van der Waals surface area contributed by atoms with Gasteiger partial charge in [-0.3, -0.25) is 9.69 Å². The number of nitrogens with zero attached hydrogens (tertiary/aromatic N) is 2. The lowest BCUT2D eigenvalue weighted by Crippen LogP contribution is -2.32. The standard InChI is InChI=1S/C20H17FN2O4S/c1-25-8-7-23-19(24)18(10-13-3-2-4-14(21)9-13)28-20(23)22-15-5-6-16-17(11-15)27-12-26-16/h2-6,9-11H,7-8,12H2,1H3/b18-10-,22-20?. The van der Waals surface area contributed by atoms with Crippen LogP contribution in [0, 0.1) is 5.82 Å². The van der Waals surface area contributed by atoms with Crippen molar-refractivity contribution in [2.45, 2.75) is 0 Å². The molecule has 1 saturated heterocycles. The number of methoxy groups -OCH3 is 1. The zero-order chi connectivity index (χ0) is 19.5. The van der Waals surface area contributed by atoms with Crippen molar-refractivity contribution in [3.63, 3.8) is 0 Å². The van der Waals surface area contributed by atoms with Gasteiger partial charge in [-0.05, 0) is 47.7 Å². The summed E-state index contributed by atoms with van der Waals surface area (Å²) in [6.45, 7) is 0.926. The second kappa shape index (κ2) is 8.04. The minimum Gasteiger partial charge on any atom is -0.454 e. The first-order valence-corrected chi connectivity index (χ1v) is 9.40. The summed E-state index contributed by atoms with van der Waals surface area (Å²) in [6, 6.07) is 11.5. The van der Waals surface area contributed by atoms with Crippen LogP contribution in [0.4, 0.5) is 10.1 Å². The van der Waals surface area contributed by atoms with Crippen LogP contribution in [0.2, 0.25) is 0 Å². The molecule has 1 amide bonds. The quantitative estimate of drug-likeness (QED) is 0.715. The summed E-state index contributed by atoms with van der Waals surface area (Å²) in [5.74, 6) is 0.748. The van der Waals surface area contributed by atoms with Crippen LogP contribution in [-0.4, -0.2) is 43.0 Å². The SMILES string of the molecule is COCCN1C(=O)/C(=C/c2cccc(F)c2)SC1=Nc1ccc2c(c1)OCO2. The van der Waals surface area contributed by atoms with Crippen molar-refractivity contribution in [2.75, 3.05) is 27.1 Å². The van der Waals surface area contributed by atoms with Crippen molar-refractivity contribution < 1.29 is 23.4 Å². The van der Waals surface area contributed by atoms with Gasteiger partial charge in [0.15, 0.2) is 16.7 Å². The number of hydrogen-bond donors (Lipinski definition) is 0. The number of thioether (sulfide) groups is 1. The fourth-order valence-electron chi connectivity index (χ4n) is 2.78. The molecule has 0 unspecified atom stereocenters. The Kier molecular flexibility index (Phi) is 5.31. The molecule has 0 bridgehead atoms. The Morgan fingerprint density at radius 3 is 2.93 bits per heavy atom. The van der Waals surface area contributed by atoms with E-state index in [1.807, 2.05) is 0 Å². The zero-order valence-corrected chi connectivity index (χ0v) is 15.9. The molecule has 0 N–H and O–H groups in total. The van der Waals surface area contributed by atoms with Gasteiger partial charge in [-0.15, -0.1) is 0 Å². The summed E-state index contributed by atoms with van der Waals surface area (Å²) >= 11 is 1.24. The summed E-state index contributed by atoms with van der Waals surface area (Å²) in [5, 5.41) is 0.531. The first-order valence-electron chi connectivity index (χ1n) is 8.58. The van der Waals surface area contributed by atoms with Gasteiger partial charge in [-0.2, -0.15) is 0 Å². The van der Waals surface area contributed by atoms with Gasteiger partial charge in [0.05, 0.1) is 23.7 Å². The van der Waals surface area contributed by atoms with Crippen LogP contribution in [0.15, 0.2) is 52.4 Å². The van der Waals surface area contributed by atoms with Crippen LogP contribution in [-0.2, 0) is 9.53 Å². The lowest BCUT2D eigenvalue weighted by molar-refractivity contribution is -0.122. The third-order valence-corrected chi connectivity index (χ3v) is 5.14. The maximum atomic E-state index is 13.5. The highest BCUT2D eigenvalue weighted by atomic mass is 32.2. The number of amidine groups is 1. The van der Waals surface area contributed by atoms with E-state index in [0.29, 0.717) is 46.0 Å². The molecule has 2 heterocycles. The number of fused-ring (bicyclic) bond motifs is 1. The van der Waals surface area contributed by atoms with Crippen LogP contribution < -0.4 is 9.47 Å². The predicted octanol–water partition coefficient (Wildman–Crippen LogP) is 3.80. The molecule has 0 aromatic heterocycles. The lowest BCUT2D eigenvalue weighted by Gasteiger charge is -2.14. The Hall–Kier alpha value is -2.84. The number of benzene rings is 2. The molecule has 2 aliphatic rings. The molecule has 144 valence electrons. The van der Waals surface area contributed by atoms with Gasteiger partial charge in [0.1, 0.15) is 5.82 Å². The maximum Gasteiger partial charge on any atom is 0.266 e. The molecule has 0 atom stereocenters. The molecule has 2 aliphatic heterocycles. The first-order chi connectivity index (χ1) is 13.6. The molecular weight excluding hydrogens is 383 g/mol. The van der Waals surface area contributed by atoms with Crippen LogP contribution in [0.1, 0.15) is 5.56 Å². The van der Waals surface area contributed by atoms with Gasteiger partial charge in [-0.25, -0.2) is 9.38 Å². The van der Waals surface area contributed by atoms with Crippen LogP contribution in [0.25, 0.3) is 6.08 Å². The smallest absolute Gasteiger partial charge is 0.266 e. The molecule has 2 aromatic carbocycles. The van der Waals surface area contributed by atoms with Gasteiger partial charge in [0.25, 0.3) is 5.91 Å². The number of rotatable bonds is 5. The number of carbonyl (C=O) groups excluding carboxylic acids is 1. The zero-order valence-electron chi connectivity index (χ0n) is 15.1. The molecule has 6 nitrogen and oxygen atoms in total. The number of carbonyl (C=O) groups is 1. The van der Waals surface area contributed by atoms with E-state index in [0.717, 1.165) is 0 Å². The molecule has 0 saturated carbocycles. The van der Waals surface area contributed by atoms with Crippen LogP contribution in [0.3, 0.4) is 0 Å². The van der Waals surface area contributed by atoms with E-state index in [1.54, 1.807) is 48.4 Å². The first kappa shape index (κ1) is 18.5. The van der Waals surface area contributed by atoms with E-state index < -0.39 is 0 Å². The average molecular weight is 400 g/mol. The van der Waals surface area contributed by atoms with E-state index >= 15 is 0 Å². The van der Waals surface area contributed by atoms with Gasteiger partial charge in [0.2, 0.25) is 6.79 Å². The highest BCUT2D eigenvalue weighted by molar-refractivity contribution is 8.18. The third kappa shape index (κ3) is 3.88. The summed E-state index contributed by atoms with van der Waals surface area (Å²) in [7, 11) is 1.58. The van der Waals surface area contributed by atoms with Crippen molar-refractivity contribution in [1.29, 1.82) is 0 Å². The highest BCUT2D eigenvalue weighted by Crippen LogP contribution is 2.38. The fourth-order valence-corrected chi connectivity index (χ4v) is 3.81. The molecule has 2 aromatic rings. The topological polar surface area (TPSA) is 60.4 Å². The van der Waals surface area contributed by atoms with Crippen molar-refractivity contribution in [3.05, 3.63) is 58.8 Å². The molecular formula is C20H17FN2O4S. The number of hydrogen-bond acceptors (Lipinski definition) is 6. The Bertz CT molecular complexity index is 976. The summed E-state index contributed by atoms with van der Waals surface area (Å²) in [6.07, 6.45) is 1.66. The minimum atomic E-state index is -0.352. The maximum absolute atomic E-state index is 13.5. The van der Waals surface area contributed by atoms with Gasteiger partial charge >= 0.3 is 0 Å². The van der Waals surface area contributed by atoms with Gasteiger partial charge in [-0.1, -0.05) is 12.1 Å². The normalized spacial score (nSPS) is 18.5. The van der Waals surface area contributed by atoms with Gasteiger partial charge < -0.3 is 14.2 Å². The molecule has 0 spiro atoms. The lowest BCUT2D eigenvalue weighted by atomic mass is 10.2. The molecule has 4 rings (SSSR count). The Balaban J connectivity index is 1.65. The number of amides is 1. The monoisotopic (exact) mass is 400 g/mol. The minimum absolute atomic E-state index is 0.184. The van der Waals surface area contributed by atoms with Crippen molar-refractivity contribution >= 4 is 34.6 Å². The molecule has 1 fully saturated rings. The van der Waals surface area contributed by atoms with Crippen molar-refractivity contribution in [1.82, 2.24) is 4.90 Å². The van der Waals surface area contributed by atoms with E-state index in [4.69, 9.17) is 14.2 Å². The number of aliphatic imine (C=N–C) groups is 1. The molecule has 0 aliphatic carbocycles. The predicted molar refractivity (Wildman–Crippen MR) is 105 cm³/mol. The van der Waals surface area contributed by atoms with Crippen LogP contribution >= 0.6 is 11.8 Å². The Morgan fingerprint density at radius 1 is 1.25 bits per heavy atom. The molecule has 28 heavy (non-hydrogen) atoms. The Labute approximate surface area is 165 Å². The van der Waals surface area contributed by atoms with Crippen molar-refractivity contribution in [2.24, 2.45) is 4.99 Å². The van der Waals surface area contributed by atoms with E-state index in [9.17, 15) is 9.18 Å².